The van der Waals surface area contributed by atoms with E-state index in [1.165, 1.54) is 5.56 Å². The van der Waals surface area contributed by atoms with Gasteiger partial charge in [-0.2, -0.15) is 0 Å². The maximum Gasteiger partial charge on any atom is 0.140 e. The van der Waals surface area contributed by atoms with E-state index in [9.17, 15) is 4.79 Å². The maximum atomic E-state index is 11.8. The lowest BCUT2D eigenvalue weighted by Crippen LogP contribution is -2.07. The normalized spacial score (nSPS) is 10.5. The van der Waals surface area contributed by atoms with E-state index < -0.39 is 0 Å². The molecule has 0 N–H and O–H groups in total. The van der Waals surface area contributed by atoms with Crippen LogP contribution in [0.3, 0.4) is 0 Å². The fraction of sp³-hybridized carbons (Fsp3) is 0.333. The molecule has 2 aromatic rings. The Labute approximate surface area is 107 Å². The summed E-state index contributed by atoms with van der Waals surface area (Å²) in [5, 5.41) is 0. The molecule has 18 heavy (non-hydrogen) atoms. The van der Waals surface area contributed by atoms with Gasteiger partial charge in [0.05, 0.1) is 6.42 Å². The van der Waals surface area contributed by atoms with Crippen LogP contribution in [0, 0.1) is 0 Å². The average molecular weight is 242 g/mol. The maximum absolute atomic E-state index is 11.8. The summed E-state index contributed by atoms with van der Waals surface area (Å²) in [6.45, 7) is 0. The van der Waals surface area contributed by atoms with Gasteiger partial charge in [-0.3, -0.25) is 4.79 Å². The van der Waals surface area contributed by atoms with Gasteiger partial charge in [0.1, 0.15) is 11.6 Å². The Kier molecular flexibility index (Phi) is 4.29. The third kappa shape index (κ3) is 3.55. The van der Waals surface area contributed by atoms with Crippen molar-refractivity contribution in [3.8, 4) is 0 Å². The van der Waals surface area contributed by atoms with Gasteiger partial charge in [-0.1, -0.05) is 30.3 Å². The Morgan fingerprint density at radius 3 is 2.72 bits per heavy atom. The molecule has 0 amide bonds. The van der Waals surface area contributed by atoms with Crippen molar-refractivity contribution in [1.29, 1.82) is 0 Å². The number of aromatic nitrogens is 2. The molecule has 2 rings (SSSR count). The predicted octanol–water partition coefficient (Wildman–Crippen LogP) is 2.55. The lowest BCUT2D eigenvalue weighted by atomic mass is 10.1. The van der Waals surface area contributed by atoms with E-state index in [-0.39, 0.29) is 5.78 Å². The number of aryl methyl sites for hydroxylation is 2. The van der Waals surface area contributed by atoms with Gasteiger partial charge in [-0.15, -0.1) is 0 Å². The van der Waals surface area contributed by atoms with E-state index in [4.69, 9.17) is 0 Å². The molecule has 0 radical (unpaired) electrons. The van der Waals surface area contributed by atoms with Crippen LogP contribution in [0.15, 0.2) is 42.7 Å². The lowest BCUT2D eigenvalue weighted by Gasteiger charge is -2.02. The van der Waals surface area contributed by atoms with Crippen molar-refractivity contribution in [3.05, 3.63) is 54.1 Å². The molecule has 0 saturated carbocycles. The number of nitrogens with zero attached hydrogens (tertiary/aromatic N) is 2. The molecule has 94 valence electrons. The number of ketones is 1. The van der Waals surface area contributed by atoms with Gasteiger partial charge >= 0.3 is 0 Å². The molecule has 0 aliphatic heterocycles. The topological polar surface area (TPSA) is 34.9 Å². The molecule has 0 atom stereocenters. The number of hydrogen-bond donors (Lipinski definition) is 0. The number of Topliss-reactive ketones (excluding diaryl/α,β-unsaturated/α-hetero) is 1. The summed E-state index contributed by atoms with van der Waals surface area (Å²) >= 11 is 0. The smallest absolute Gasteiger partial charge is 0.140 e. The highest BCUT2D eigenvalue weighted by Gasteiger charge is 2.07. The van der Waals surface area contributed by atoms with Gasteiger partial charge in [-0.25, -0.2) is 4.98 Å². The molecule has 1 aromatic heterocycles. The SMILES string of the molecule is Cn1ccnc1CC(=O)CCCc1ccccc1. The van der Waals surface area contributed by atoms with Crippen molar-refractivity contribution >= 4 is 5.78 Å². The van der Waals surface area contributed by atoms with E-state index in [1.54, 1.807) is 6.20 Å². The number of carbonyl (C=O) groups is 1. The Morgan fingerprint density at radius 2 is 2.06 bits per heavy atom. The minimum Gasteiger partial charge on any atom is -0.338 e. The highest BCUT2D eigenvalue weighted by Crippen LogP contribution is 2.06. The zero-order valence-corrected chi connectivity index (χ0v) is 10.7. The zero-order chi connectivity index (χ0) is 12.8. The fourth-order valence-corrected chi connectivity index (χ4v) is 1.97. The number of rotatable bonds is 6. The summed E-state index contributed by atoms with van der Waals surface area (Å²) in [6, 6.07) is 10.3. The summed E-state index contributed by atoms with van der Waals surface area (Å²) in [4.78, 5) is 16.0. The van der Waals surface area contributed by atoms with Crippen molar-refractivity contribution in [3.63, 3.8) is 0 Å². The highest BCUT2D eigenvalue weighted by molar-refractivity contribution is 5.80. The van der Waals surface area contributed by atoms with Crippen molar-refractivity contribution < 1.29 is 4.79 Å². The molecule has 0 unspecified atom stereocenters. The standard InChI is InChI=1S/C15H18N2O/c1-17-11-10-16-15(17)12-14(18)9-5-8-13-6-3-2-4-7-13/h2-4,6-7,10-11H,5,8-9,12H2,1H3. The van der Waals surface area contributed by atoms with Gasteiger partial charge in [-0.05, 0) is 18.4 Å². The number of imidazole rings is 1. The van der Waals surface area contributed by atoms with Crippen molar-refractivity contribution in [2.24, 2.45) is 7.05 Å². The molecule has 3 heteroatoms. The number of benzene rings is 1. The summed E-state index contributed by atoms with van der Waals surface area (Å²) in [7, 11) is 1.92. The first kappa shape index (κ1) is 12.6. The van der Waals surface area contributed by atoms with Crippen LogP contribution in [-0.2, 0) is 24.7 Å². The molecule has 1 heterocycles. The first-order chi connectivity index (χ1) is 8.75. The van der Waals surface area contributed by atoms with Crippen LogP contribution in [0.2, 0.25) is 0 Å². The molecule has 0 bridgehead atoms. The van der Waals surface area contributed by atoms with E-state index in [0.29, 0.717) is 12.8 Å². The summed E-state index contributed by atoms with van der Waals surface area (Å²) in [5.41, 5.74) is 1.29. The van der Waals surface area contributed by atoms with Gasteiger partial charge in [0.15, 0.2) is 0 Å². The van der Waals surface area contributed by atoms with E-state index in [2.05, 4.69) is 17.1 Å². The van der Waals surface area contributed by atoms with E-state index in [1.807, 2.05) is 36.0 Å². The molecule has 3 nitrogen and oxygen atoms in total. The van der Waals surface area contributed by atoms with Crippen LogP contribution in [0.1, 0.15) is 24.2 Å². The van der Waals surface area contributed by atoms with Gasteiger partial charge < -0.3 is 4.57 Å². The Balaban J connectivity index is 1.74. The lowest BCUT2D eigenvalue weighted by molar-refractivity contribution is -0.118. The highest BCUT2D eigenvalue weighted by atomic mass is 16.1. The second-order valence-electron chi connectivity index (χ2n) is 4.51. The minimum atomic E-state index is 0.264. The molecular formula is C15H18N2O. The molecule has 1 aromatic carbocycles. The average Bonchev–Trinajstić information content (AvgIpc) is 2.76. The number of carbonyl (C=O) groups excluding carboxylic acids is 1. The molecule has 0 saturated heterocycles. The van der Waals surface area contributed by atoms with E-state index in [0.717, 1.165) is 18.7 Å². The van der Waals surface area contributed by atoms with Crippen LogP contribution >= 0.6 is 0 Å². The monoisotopic (exact) mass is 242 g/mol. The minimum absolute atomic E-state index is 0.264. The second kappa shape index (κ2) is 6.15. The van der Waals surface area contributed by atoms with Crippen LogP contribution < -0.4 is 0 Å². The third-order valence-corrected chi connectivity index (χ3v) is 3.04. The van der Waals surface area contributed by atoms with E-state index >= 15 is 0 Å². The van der Waals surface area contributed by atoms with Crippen LogP contribution in [0.5, 0.6) is 0 Å². The van der Waals surface area contributed by atoms with Crippen LogP contribution in [0.4, 0.5) is 0 Å². The molecule has 0 aliphatic rings. The molecule has 0 aliphatic carbocycles. The predicted molar refractivity (Wildman–Crippen MR) is 71.3 cm³/mol. The van der Waals surface area contributed by atoms with Crippen molar-refractivity contribution in [2.75, 3.05) is 0 Å². The van der Waals surface area contributed by atoms with Gasteiger partial charge in [0, 0.05) is 25.9 Å². The summed E-state index contributed by atoms with van der Waals surface area (Å²) < 4.78 is 1.90. The Hall–Kier alpha value is -1.90. The van der Waals surface area contributed by atoms with Crippen LogP contribution in [-0.4, -0.2) is 15.3 Å². The van der Waals surface area contributed by atoms with Crippen LogP contribution in [0.25, 0.3) is 0 Å². The Bertz CT molecular complexity index is 502. The summed E-state index contributed by atoms with van der Waals surface area (Å²) in [6.07, 6.45) is 6.54. The third-order valence-electron chi connectivity index (χ3n) is 3.04. The zero-order valence-electron chi connectivity index (χ0n) is 10.7. The first-order valence-corrected chi connectivity index (χ1v) is 6.27. The Morgan fingerprint density at radius 1 is 1.28 bits per heavy atom. The largest absolute Gasteiger partial charge is 0.338 e. The second-order valence-corrected chi connectivity index (χ2v) is 4.51. The van der Waals surface area contributed by atoms with Crippen molar-refractivity contribution in [1.82, 2.24) is 9.55 Å². The first-order valence-electron chi connectivity index (χ1n) is 6.27. The molecular weight excluding hydrogens is 224 g/mol. The van der Waals surface area contributed by atoms with Crippen molar-refractivity contribution in [2.45, 2.75) is 25.7 Å². The van der Waals surface area contributed by atoms with Gasteiger partial charge in [0.25, 0.3) is 0 Å². The summed E-state index contributed by atoms with van der Waals surface area (Å²) in [5.74, 6) is 1.11. The quantitative estimate of drug-likeness (QED) is 0.780. The molecule has 0 spiro atoms. The van der Waals surface area contributed by atoms with Gasteiger partial charge in [0.2, 0.25) is 0 Å². The molecule has 0 fully saturated rings. The fourth-order valence-electron chi connectivity index (χ4n) is 1.97. The number of hydrogen-bond acceptors (Lipinski definition) is 2.